The fourth-order valence-corrected chi connectivity index (χ4v) is 2.64. The molecule has 3 nitrogen and oxygen atoms in total. The summed E-state index contributed by atoms with van der Waals surface area (Å²) in [6, 6.07) is 0. The second-order valence-corrected chi connectivity index (χ2v) is 5.25. The molecule has 0 radical (unpaired) electrons. The minimum Gasteiger partial charge on any atom is -0.466 e. The smallest absolute Gasteiger partial charge is 0.305 e. The van der Waals surface area contributed by atoms with Gasteiger partial charge in [0.1, 0.15) is 0 Å². The Kier molecular flexibility index (Phi) is 7.25. The predicted octanol–water partition coefficient (Wildman–Crippen LogP) is 2.75. The molecule has 1 fully saturated rings. The third kappa shape index (κ3) is 6.67. The molecular formula is C14H27NO2. The standard InChI is InChI=1S/C14H27NO2/c1-3-17-14(16)8-5-9-15-11-13-7-4-6-12(2)10-13/h12-13,15H,3-11H2,1-2H3. The van der Waals surface area contributed by atoms with Gasteiger partial charge in [-0.25, -0.2) is 0 Å². The molecule has 3 heteroatoms. The maximum Gasteiger partial charge on any atom is 0.305 e. The van der Waals surface area contributed by atoms with Crippen LogP contribution in [0.25, 0.3) is 0 Å². The Morgan fingerprint density at radius 2 is 2.24 bits per heavy atom. The van der Waals surface area contributed by atoms with E-state index in [9.17, 15) is 4.79 Å². The quantitative estimate of drug-likeness (QED) is 0.550. The Hall–Kier alpha value is -0.570. The van der Waals surface area contributed by atoms with Crippen LogP contribution < -0.4 is 5.32 Å². The molecule has 0 aliphatic heterocycles. The Morgan fingerprint density at radius 1 is 1.41 bits per heavy atom. The van der Waals surface area contributed by atoms with Crippen LogP contribution >= 0.6 is 0 Å². The van der Waals surface area contributed by atoms with Gasteiger partial charge < -0.3 is 10.1 Å². The Labute approximate surface area is 105 Å². The molecule has 100 valence electrons. The van der Waals surface area contributed by atoms with Crippen molar-refractivity contribution in [3.8, 4) is 0 Å². The van der Waals surface area contributed by atoms with Gasteiger partial charge in [0.2, 0.25) is 0 Å². The first kappa shape index (κ1) is 14.5. The van der Waals surface area contributed by atoms with Gasteiger partial charge in [-0.15, -0.1) is 0 Å². The van der Waals surface area contributed by atoms with Gasteiger partial charge >= 0.3 is 5.97 Å². The van der Waals surface area contributed by atoms with Gasteiger partial charge in [0.15, 0.2) is 0 Å². The summed E-state index contributed by atoms with van der Waals surface area (Å²) in [4.78, 5) is 11.1. The van der Waals surface area contributed by atoms with Crippen LogP contribution in [-0.4, -0.2) is 25.7 Å². The first-order valence-corrected chi connectivity index (χ1v) is 7.08. The van der Waals surface area contributed by atoms with Gasteiger partial charge in [0.05, 0.1) is 6.61 Å². The van der Waals surface area contributed by atoms with Gasteiger partial charge in [0.25, 0.3) is 0 Å². The van der Waals surface area contributed by atoms with Crippen molar-refractivity contribution in [1.29, 1.82) is 0 Å². The van der Waals surface area contributed by atoms with Crippen molar-refractivity contribution in [3.05, 3.63) is 0 Å². The number of carbonyl (C=O) groups is 1. The van der Waals surface area contributed by atoms with E-state index >= 15 is 0 Å². The molecule has 17 heavy (non-hydrogen) atoms. The lowest BCUT2D eigenvalue weighted by Gasteiger charge is -2.26. The summed E-state index contributed by atoms with van der Waals surface area (Å²) in [5.41, 5.74) is 0. The highest BCUT2D eigenvalue weighted by atomic mass is 16.5. The maximum absolute atomic E-state index is 11.1. The predicted molar refractivity (Wildman–Crippen MR) is 69.9 cm³/mol. The van der Waals surface area contributed by atoms with Crippen LogP contribution in [0.15, 0.2) is 0 Å². The van der Waals surface area contributed by atoms with Crippen LogP contribution in [0.1, 0.15) is 52.4 Å². The maximum atomic E-state index is 11.1. The SMILES string of the molecule is CCOC(=O)CCCNCC1CCCC(C)C1. The molecule has 1 rings (SSSR count). The number of ether oxygens (including phenoxy) is 1. The summed E-state index contributed by atoms with van der Waals surface area (Å²) in [5.74, 6) is 1.68. The highest BCUT2D eigenvalue weighted by molar-refractivity contribution is 5.69. The van der Waals surface area contributed by atoms with Gasteiger partial charge in [-0.2, -0.15) is 0 Å². The van der Waals surface area contributed by atoms with Gasteiger partial charge in [-0.05, 0) is 51.1 Å². The number of hydrogen-bond acceptors (Lipinski definition) is 3. The van der Waals surface area contributed by atoms with Crippen LogP contribution in [0.5, 0.6) is 0 Å². The van der Waals surface area contributed by atoms with Crippen LogP contribution in [0, 0.1) is 11.8 Å². The average molecular weight is 241 g/mol. The summed E-state index contributed by atoms with van der Waals surface area (Å²) in [6.45, 7) is 6.75. The lowest BCUT2D eigenvalue weighted by Crippen LogP contribution is -2.27. The van der Waals surface area contributed by atoms with Crippen molar-refractivity contribution in [1.82, 2.24) is 5.32 Å². The van der Waals surface area contributed by atoms with E-state index in [1.54, 1.807) is 0 Å². The van der Waals surface area contributed by atoms with E-state index in [4.69, 9.17) is 4.74 Å². The van der Waals surface area contributed by atoms with E-state index in [1.807, 2.05) is 6.92 Å². The Morgan fingerprint density at radius 3 is 2.94 bits per heavy atom. The van der Waals surface area contributed by atoms with Crippen LogP contribution in [0.4, 0.5) is 0 Å². The molecule has 0 spiro atoms. The minimum absolute atomic E-state index is 0.0689. The zero-order valence-corrected chi connectivity index (χ0v) is 11.3. The number of rotatable bonds is 7. The van der Waals surface area contributed by atoms with Crippen LogP contribution in [0.3, 0.4) is 0 Å². The molecule has 1 saturated carbocycles. The number of carbonyl (C=O) groups excluding carboxylic acids is 1. The van der Waals surface area contributed by atoms with Crippen molar-refractivity contribution in [3.63, 3.8) is 0 Å². The molecule has 0 amide bonds. The van der Waals surface area contributed by atoms with Crippen LogP contribution in [0.2, 0.25) is 0 Å². The highest BCUT2D eigenvalue weighted by Gasteiger charge is 2.17. The molecule has 0 heterocycles. The molecule has 1 aliphatic rings. The molecule has 0 bridgehead atoms. The summed E-state index contributed by atoms with van der Waals surface area (Å²) < 4.78 is 4.89. The summed E-state index contributed by atoms with van der Waals surface area (Å²) in [5, 5.41) is 3.47. The molecule has 1 N–H and O–H groups in total. The van der Waals surface area contributed by atoms with E-state index in [2.05, 4.69) is 12.2 Å². The van der Waals surface area contributed by atoms with Crippen molar-refractivity contribution in [2.75, 3.05) is 19.7 Å². The van der Waals surface area contributed by atoms with E-state index < -0.39 is 0 Å². The Balaban J connectivity index is 1.95. The van der Waals surface area contributed by atoms with E-state index in [0.717, 1.165) is 31.3 Å². The first-order valence-electron chi connectivity index (χ1n) is 7.08. The normalized spacial score (nSPS) is 24.6. The average Bonchev–Trinajstić information content (AvgIpc) is 2.29. The topological polar surface area (TPSA) is 38.3 Å². The second-order valence-electron chi connectivity index (χ2n) is 5.25. The molecule has 2 atom stereocenters. The fraction of sp³-hybridized carbons (Fsp3) is 0.929. The minimum atomic E-state index is -0.0689. The number of esters is 1. The van der Waals surface area contributed by atoms with Gasteiger partial charge in [-0.1, -0.05) is 19.8 Å². The molecule has 0 aromatic carbocycles. The van der Waals surface area contributed by atoms with Crippen molar-refractivity contribution in [2.45, 2.75) is 52.4 Å². The zero-order chi connectivity index (χ0) is 12.5. The Bertz CT molecular complexity index is 218. The molecular weight excluding hydrogens is 214 g/mol. The lowest BCUT2D eigenvalue weighted by atomic mass is 9.82. The third-order valence-corrected chi connectivity index (χ3v) is 3.52. The highest BCUT2D eigenvalue weighted by Crippen LogP contribution is 2.27. The molecule has 0 aromatic heterocycles. The van der Waals surface area contributed by atoms with Gasteiger partial charge in [-0.3, -0.25) is 4.79 Å². The summed E-state index contributed by atoms with van der Waals surface area (Å²) >= 11 is 0. The van der Waals surface area contributed by atoms with E-state index in [-0.39, 0.29) is 5.97 Å². The monoisotopic (exact) mass is 241 g/mol. The first-order chi connectivity index (χ1) is 8.22. The largest absolute Gasteiger partial charge is 0.466 e. The second kappa shape index (κ2) is 8.51. The third-order valence-electron chi connectivity index (χ3n) is 3.52. The number of nitrogens with one attached hydrogen (secondary N) is 1. The lowest BCUT2D eigenvalue weighted by molar-refractivity contribution is -0.143. The molecule has 1 aliphatic carbocycles. The van der Waals surface area contributed by atoms with Gasteiger partial charge in [0, 0.05) is 6.42 Å². The van der Waals surface area contributed by atoms with Crippen LogP contribution in [-0.2, 0) is 9.53 Å². The zero-order valence-electron chi connectivity index (χ0n) is 11.3. The van der Waals surface area contributed by atoms with E-state index in [0.29, 0.717) is 13.0 Å². The van der Waals surface area contributed by atoms with Crippen molar-refractivity contribution >= 4 is 5.97 Å². The van der Waals surface area contributed by atoms with Crippen molar-refractivity contribution < 1.29 is 9.53 Å². The molecule has 0 saturated heterocycles. The summed E-state index contributed by atoms with van der Waals surface area (Å²) in [7, 11) is 0. The van der Waals surface area contributed by atoms with E-state index in [1.165, 1.54) is 25.7 Å². The van der Waals surface area contributed by atoms with Crippen molar-refractivity contribution in [2.24, 2.45) is 11.8 Å². The molecule has 2 unspecified atom stereocenters. The number of hydrogen-bond donors (Lipinski definition) is 1. The molecule has 0 aromatic rings. The fourth-order valence-electron chi connectivity index (χ4n) is 2.64. The summed E-state index contributed by atoms with van der Waals surface area (Å²) in [6.07, 6.45) is 6.96.